The summed E-state index contributed by atoms with van der Waals surface area (Å²) in [6.07, 6.45) is -8.20. The van der Waals surface area contributed by atoms with Crippen molar-refractivity contribution in [3.63, 3.8) is 0 Å². The minimum Gasteiger partial charge on any atom is -0.428 e. The van der Waals surface area contributed by atoms with Gasteiger partial charge < -0.3 is 21.1 Å². The third-order valence-corrected chi connectivity index (χ3v) is 5.97. The van der Waals surface area contributed by atoms with Crippen molar-refractivity contribution in [3.05, 3.63) is 94.5 Å². The highest BCUT2D eigenvalue weighted by Gasteiger charge is 2.45. The summed E-state index contributed by atoms with van der Waals surface area (Å²) in [7, 11) is 0. The first-order valence-corrected chi connectivity index (χ1v) is 12.2. The molecule has 0 aliphatic carbocycles. The minimum absolute atomic E-state index is 0.0979. The maximum absolute atomic E-state index is 14.9. The van der Waals surface area contributed by atoms with Crippen LogP contribution in [0.15, 0.2) is 66.9 Å². The summed E-state index contributed by atoms with van der Waals surface area (Å²) in [5.74, 6) is -2.71. The van der Waals surface area contributed by atoms with Crippen LogP contribution in [0, 0.1) is 5.82 Å². The minimum atomic E-state index is -4.92. The fourth-order valence-corrected chi connectivity index (χ4v) is 4.24. The average molecular weight is 585 g/mol. The molecule has 0 bridgehead atoms. The number of rotatable bonds is 11. The monoisotopic (exact) mass is 584 g/mol. The van der Waals surface area contributed by atoms with Crippen molar-refractivity contribution in [2.75, 3.05) is 0 Å². The molecule has 0 saturated carbocycles. The molecule has 3 amide bonds. The van der Waals surface area contributed by atoms with Crippen LogP contribution in [0.4, 0.5) is 26.7 Å². The molecule has 0 spiro atoms. The number of hydrogen-bond acceptors (Lipinski definition) is 4. The molecule has 3 rings (SSSR count). The Morgan fingerprint density at radius 2 is 1.73 bits per heavy atom. The molecule has 1 heterocycles. The van der Waals surface area contributed by atoms with E-state index in [4.69, 9.17) is 17.3 Å². The number of carbonyl (C=O) groups is 2. The maximum Gasteiger partial charge on any atom is 0.461 e. The van der Waals surface area contributed by atoms with E-state index < -0.39 is 47.1 Å². The molecule has 0 fully saturated rings. The molecular formula is C27H26ClF5N4O3. The first-order chi connectivity index (χ1) is 18.6. The van der Waals surface area contributed by atoms with Crippen LogP contribution in [0.1, 0.15) is 37.1 Å². The zero-order chi connectivity index (χ0) is 29.7. The van der Waals surface area contributed by atoms with Gasteiger partial charge in [-0.25, -0.2) is 9.18 Å². The molecule has 1 atom stereocenters. The standard InChI is InChI=1S/C27H26ClF5N4O3/c1-25(2,14-22(34)38)36-24(39)37-26(13-16-6-4-3-5-7-16,21-9-8-18(28)15-35-21)17-10-19(29)12-20(11-17)40-27(32,33)23(30)31/h3-12,15,23H,13-14H2,1-2H3,(H2,34,38)(H2,36,37,39). The van der Waals surface area contributed by atoms with E-state index in [0.29, 0.717) is 11.6 Å². The van der Waals surface area contributed by atoms with Crippen molar-refractivity contribution in [2.45, 2.75) is 50.3 Å². The first kappa shape index (κ1) is 30.6. The SMILES string of the molecule is CC(C)(CC(N)=O)NC(=O)NC(Cc1ccccc1)(c1cc(F)cc(OC(F)(F)C(F)F)c1)c1ccc(Cl)cn1. The lowest BCUT2D eigenvalue weighted by Gasteiger charge is -2.37. The van der Waals surface area contributed by atoms with E-state index in [2.05, 4.69) is 20.4 Å². The van der Waals surface area contributed by atoms with Crippen LogP contribution in [0.3, 0.4) is 0 Å². The largest absolute Gasteiger partial charge is 0.461 e. The molecule has 0 aliphatic heterocycles. The molecule has 0 saturated heterocycles. The number of ether oxygens (including phenoxy) is 1. The second-order valence-corrected chi connectivity index (χ2v) is 10.1. The maximum atomic E-state index is 14.9. The molecule has 1 aromatic heterocycles. The van der Waals surface area contributed by atoms with E-state index in [0.717, 1.165) is 12.1 Å². The van der Waals surface area contributed by atoms with Gasteiger partial charge in [0.1, 0.15) is 17.1 Å². The fourth-order valence-electron chi connectivity index (χ4n) is 4.13. The first-order valence-electron chi connectivity index (χ1n) is 11.8. The van der Waals surface area contributed by atoms with Crippen molar-refractivity contribution in [3.8, 4) is 5.75 Å². The van der Waals surface area contributed by atoms with Gasteiger partial charge in [-0.2, -0.15) is 17.6 Å². The lowest BCUT2D eigenvalue weighted by atomic mass is 9.80. The second kappa shape index (κ2) is 12.1. The normalized spacial score (nSPS) is 13.4. The molecule has 0 aliphatic rings. The molecule has 0 radical (unpaired) electrons. The topological polar surface area (TPSA) is 106 Å². The third kappa shape index (κ3) is 7.81. The van der Waals surface area contributed by atoms with Gasteiger partial charge in [-0.3, -0.25) is 9.78 Å². The number of halogens is 6. The van der Waals surface area contributed by atoms with Gasteiger partial charge in [-0.15, -0.1) is 0 Å². The highest BCUT2D eigenvalue weighted by atomic mass is 35.5. The number of hydrogen-bond donors (Lipinski definition) is 3. The predicted octanol–water partition coefficient (Wildman–Crippen LogP) is 5.55. The summed E-state index contributed by atoms with van der Waals surface area (Å²) in [5.41, 5.74) is 2.90. The molecule has 3 aromatic rings. The smallest absolute Gasteiger partial charge is 0.428 e. The van der Waals surface area contributed by atoms with Crippen LogP contribution in [0.2, 0.25) is 5.02 Å². The quantitative estimate of drug-likeness (QED) is 0.257. The number of amides is 3. The fraction of sp³-hybridized carbons (Fsp3) is 0.296. The summed E-state index contributed by atoms with van der Waals surface area (Å²) in [5, 5.41) is 5.57. The van der Waals surface area contributed by atoms with Crippen LogP contribution >= 0.6 is 11.6 Å². The van der Waals surface area contributed by atoms with Crippen molar-refractivity contribution in [1.29, 1.82) is 0 Å². The Balaban J connectivity index is 2.23. The van der Waals surface area contributed by atoms with E-state index in [1.165, 1.54) is 32.2 Å². The van der Waals surface area contributed by atoms with E-state index in [1.54, 1.807) is 30.3 Å². The van der Waals surface area contributed by atoms with Crippen LogP contribution < -0.4 is 21.1 Å². The van der Waals surface area contributed by atoms with Gasteiger partial charge in [-0.05, 0) is 49.2 Å². The summed E-state index contributed by atoms with van der Waals surface area (Å²) >= 11 is 6.02. The Hall–Kier alpha value is -3.93. The van der Waals surface area contributed by atoms with E-state index in [-0.39, 0.29) is 29.1 Å². The van der Waals surface area contributed by atoms with Gasteiger partial charge in [0.25, 0.3) is 0 Å². The molecule has 4 N–H and O–H groups in total. The predicted molar refractivity (Wildman–Crippen MR) is 138 cm³/mol. The molecule has 7 nitrogen and oxygen atoms in total. The number of benzene rings is 2. The summed E-state index contributed by atoms with van der Waals surface area (Å²) in [4.78, 5) is 29.2. The number of primary amides is 1. The lowest BCUT2D eigenvalue weighted by molar-refractivity contribution is -0.253. The van der Waals surface area contributed by atoms with Crippen molar-refractivity contribution in [1.82, 2.24) is 15.6 Å². The van der Waals surface area contributed by atoms with Crippen molar-refractivity contribution < 1.29 is 36.3 Å². The summed E-state index contributed by atoms with van der Waals surface area (Å²) in [6.45, 7) is 3.08. The number of alkyl halides is 4. The van der Waals surface area contributed by atoms with Gasteiger partial charge in [0.05, 0.1) is 10.7 Å². The highest BCUT2D eigenvalue weighted by molar-refractivity contribution is 6.30. The van der Waals surface area contributed by atoms with Gasteiger partial charge in [-0.1, -0.05) is 41.9 Å². The van der Waals surface area contributed by atoms with E-state index in [1.807, 2.05) is 0 Å². The molecule has 40 heavy (non-hydrogen) atoms. The van der Waals surface area contributed by atoms with Gasteiger partial charge in [0.15, 0.2) is 0 Å². The summed E-state index contributed by atoms with van der Waals surface area (Å²) < 4.78 is 72.3. The molecule has 2 aromatic carbocycles. The van der Waals surface area contributed by atoms with Crippen LogP contribution in [-0.2, 0) is 16.8 Å². The zero-order valence-corrected chi connectivity index (χ0v) is 22.1. The van der Waals surface area contributed by atoms with Crippen LogP contribution in [-0.4, -0.2) is 35.0 Å². The van der Waals surface area contributed by atoms with E-state index in [9.17, 15) is 31.5 Å². The van der Waals surface area contributed by atoms with Crippen molar-refractivity contribution in [2.24, 2.45) is 5.73 Å². The Morgan fingerprint density at radius 1 is 1.05 bits per heavy atom. The number of urea groups is 1. The average Bonchev–Trinajstić information content (AvgIpc) is 2.82. The Bertz CT molecular complexity index is 1340. The number of aromatic nitrogens is 1. The number of nitrogens with zero attached hydrogens (tertiary/aromatic N) is 1. The highest BCUT2D eigenvalue weighted by Crippen LogP contribution is 2.37. The number of nitrogens with two attached hydrogens (primary N) is 1. The Morgan fingerprint density at radius 3 is 2.30 bits per heavy atom. The molecular weight excluding hydrogens is 559 g/mol. The molecule has 214 valence electrons. The van der Waals surface area contributed by atoms with Crippen LogP contribution in [0.25, 0.3) is 0 Å². The Kier molecular flexibility index (Phi) is 9.24. The van der Waals surface area contributed by atoms with Gasteiger partial charge in [0.2, 0.25) is 5.91 Å². The summed E-state index contributed by atoms with van der Waals surface area (Å²) in [6, 6.07) is 12.9. The lowest BCUT2D eigenvalue weighted by Crippen LogP contribution is -2.57. The van der Waals surface area contributed by atoms with E-state index >= 15 is 0 Å². The number of carbonyl (C=O) groups excluding carboxylic acids is 2. The Labute approximate surface area is 231 Å². The second-order valence-electron chi connectivity index (χ2n) is 9.68. The molecule has 13 heteroatoms. The number of pyridine rings is 1. The van der Waals surface area contributed by atoms with Crippen molar-refractivity contribution >= 4 is 23.5 Å². The number of nitrogens with one attached hydrogen (secondary N) is 2. The van der Waals surface area contributed by atoms with Crippen LogP contribution in [0.5, 0.6) is 5.75 Å². The third-order valence-electron chi connectivity index (χ3n) is 5.74. The van der Waals surface area contributed by atoms with Gasteiger partial charge >= 0.3 is 18.6 Å². The zero-order valence-electron chi connectivity index (χ0n) is 21.4. The van der Waals surface area contributed by atoms with Gasteiger partial charge in [0, 0.05) is 30.6 Å². The molecule has 1 unspecified atom stereocenters.